The van der Waals surface area contributed by atoms with Crippen molar-refractivity contribution < 1.29 is 38.2 Å². The number of ether oxygens (including phenoxy) is 1. The van der Waals surface area contributed by atoms with Crippen LogP contribution in [-0.4, -0.2) is 63.8 Å². The number of hydrogen-bond donors (Lipinski definition) is 5. The molecule has 0 saturated carbocycles. The first-order chi connectivity index (χ1) is 12.2. The summed E-state index contributed by atoms with van der Waals surface area (Å²) in [5.74, 6) is 0.116. The normalized spacial score (nSPS) is 27.2. The summed E-state index contributed by atoms with van der Waals surface area (Å²) in [5, 5.41) is 10.5. The van der Waals surface area contributed by atoms with Crippen LogP contribution in [0.5, 0.6) is 0 Å². The molecule has 2 aromatic heterocycles. The lowest BCUT2D eigenvalue weighted by Crippen LogP contribution is -2.33. The monoisotopic (exact) mass is 408 g/mol. The second-order valence-electron chi connectivity index (χ2n) is 5.62. The summed E-state index contributed by atoms with van der Waals surface area (Å²) < 4.78 is 33.9. The predicted octanol–water partition coefficient (Wildman–Crippen LogP) is -0.731. The van der Waals surface area contributed by atoms with Crippen LogP contribution < -0.4 is 5.73 Å². The average molecular weight is 408 g/mol. The first kappa shape index (κ1) is 19.2. The summed E-state index contributed by atoms with van der Waals surface area (Å²) in [4.78, 5) is 38.9. The second-order valence-corrected chi connectivity index (χ2v) is 8.09. The number of rotatable bonds is 6. The van der Waals surface area contributed by atoms with Crippen molar-refractivity contribution in [3.05, 3.63) is 12.7 Å². The van der Waals surface area contributed by atoms with E-state index in [1.54, 1.807) is 0 Å². The Morgan fingerprint density at radius 1 is 1.38 bits per heavy atom. The molecule has 13 nitrogen and oxygen atoms in total. The van der Waals surface area contributed by atoms with Gasteiger partial charge in [-0.3, -0.25) is 9.13 Å². The van der Waals surface area contributed by atoms with E-state index in [0.717, 1.165) is 0 Å². The molecule has 0 aromatic carbocycles. The molecule has 3 heterocycles. The van der Waals surface area contributed by atoms with Crippen LogP contribution in [0.2, 0.25) is 0 Å². The number of nitrogens with two attached hydrogens (primary N) is 1. The predicted molar refractivity (Wildman–Crippen MR) is 85.9 cm³/mol. The van der Waals surface area contributed by atoms with Gasteiger partial charge < -0.3 is 25.4 Å². The molecule has 5 atom stereocenters. The van der Waals surface area contributed by atoms with Gasteiger partial charge in [0.2, 0.25) is 0 Å². The molecule has 1 aliphatic heterocycles. The third-order valence-electron chi connectivity index (χ3n) is 3.89. The Labute approximate surface area is 146 Å². The Bertz CT molecular complexity index is 871. The zero-order valence-corrected chi connectivity index (χ0v) is 14.8. The van der Waals surface area contributed by atoms with Crippen LogP contribution in [0, 0.1) is 0 Å². The number of aliphatic hydroxyl groups excluding tert-OH is 1. The standard InChI is InChI=1S/C11H15N5O8P2/c12-9-6-10(14-3-13-9)16(4-15-6)11-7(17)8(24-25(18)19)5(23-11)1-2-26(20,21)22/h3-5,7-8,11,17H,1-2H2,(H4-,12,13,14,18,19,20,21,22)/p+1/t5-,7-,8-,11-/m1/s1. The van der Waals surface area contributed by atoms with Crippen LogP contribution in [0.15, 0.2) is 12.7 Å². The maximum absolute atomic E-state index is 11.1. The number of hydrogen-bond acceptors (Lipinski definition) is 9. The van der Waals surface area contributed by atoms with Crippen molar-refractivity contribution in [2.75, 3.05) is 11.9 Å². The van der Waals surface area contributed by atoms with E-state index in [4.69, 9.17) is 29.7 Å². The number of anilines is 1. The maximum atomic E-state index is 11.1. The molecule has 26 heavy (non-hydrogen) atoms. The zero-order chi connectivity index (χ0) is 19.1. The fourth-order valence-corrected chi connectivity index (χ4v) is 3.83. The molecule has 0 radical (unpaired) electrons. The first-order valence-electron chi connectivity index (χ1n) is 7.31. The fraction of sp³-hybridized carbons (Fsp3) is 0.545. The van der Waals surface area contributed by atoms with Gasteiger partial charge in [-0.15, -0.1) is 9.42 Å². The minimum atomic E-state index is -4.33. The largest absolute Gasteiger partial charge is 0.695 e. The number of imidazole rings is 1. The lowest BCUT2D eigenvalue weighted by atomic mass is 10.1. The van der Waals surface area contributed by atoms with Gasteiger partial charge in [0.15, 0.2) is 23.8 Å². The third-order valence-corrected chi connectivity index (χ3v) is 5.15. The highest BCUT2D eigenvalue weighted by Crippen LogP contribution is 2.42. The topological polar surface area (TPSA) is 203 Å². The lowest BCUT2D eigenvalue weighted by molar-refractivity contribution is -0.0355. The lowest BCUT2D eigenvalue weighted by Gasteiger charge is -2.16. The molecule has 0 bridgehead atoms. The van der Waals surface area contributed by atoms with Gasteiger partial charge in [-0.1, -0.05) is 0 Å². The Balaban J connectivity index is 1.91. The zero-order valence-electron chi connectivity index (χ0n) is 13.1. The Morgan fingerprint density at radius 2 is 2.12 bits per heavy atom. The minimum Gasteiger partial charge on any atom is -0.385 e. The summed E-state index contributed by atoms with van der Waals surface area (Å²) >= 11 is 0. The van der Waals surface area contributed by atoms with Crippen molar-refractivity contribution in [2.45, 2.75) is 31.0 Å². The van der Waals surface area contributed by atoms with E-state index in [0.29, 0.717) is 0 Å². The van der Waals surface area contributed by atoms with E-state index >= 15 is 0 Å². The van der Waals surface area contributed by atoms with Crippen LogP contribution in [-0.2, 0) is 18.4 Å². The SMILES string of the molecule is Nc1ncnc2c1ncn2[C@@H]1O[C@H](CCP(=O)(O)O)[C@@H](O[P+](=O)O)[C@H]1O. The maximum Gasteiger partial charge on any atom is 0.695 e. The molecule has 15 heteroatoms. The Kier molecular flexibility index (Phi) is 5.33. The van der Waals surface area contributed by atoms with Gasteiger partial charge in [-0.05, 0) is 6.42 Å². The van der Waals surface area contributed by atoms with E-state index < -0.39 is 46.6 Å². The summed E-state index contributed by atoms with van der Waals surface area (Å²) in [6.07, 6.45) is -3.10. The molecule has 1 fully saturated rings. The van der Waals surface area contributed by atoms with Gasteiger partial charge in [0.05, 0.1) is 18.6 Å². The Morgan fingerprint density at radius 3 is 2.77 bits per heavy atom. The van der Waals surface area contributed by atoms with Gasteiger partial charge in [-0.2, -0.15) is 0 Å². The van der Waals surface area contributed by atoms with E-state index in [1.807, 2.05) is 0 Å². The van der Waals surface area contributed by atoms with Crippen LogP contribution >= 0.6 is 15.9 Å². The molecule has 2 aromatic rings. The molecule has 0 amide bonds. The number of fused-ring (bicyclic) bond motifs is 1. The number of nitrogen functional groups attached to an aromatic ring is 1. The number of aromatic nitrogens is 4. The molecule has 3 rings (SSSR count). The van der Waals surface area contributed by atoms with Crippen molar-refractivity contribution in [3.8, 4) is 0 Å². The molecule has 0 aliphatic carbocycles. The van der Waals surface area contributed by atoms with Crippen molar-refractivity contribution in [1.29, 1.82) is 0 Å². The molecule has 1 aliphatic rings. The summed E-state index contributed by atoms with van der Waals surface area (Å²) in [6.45, 7) is 0. The minimum absolute atomic E-state index is 0.116. The smallest absolute Gasteiger partial charge is 0.385 e. The molecule has 1 saturated heterocycles. The average Bonchev–Trinajstić information content (AvgIpc) is 3.08. The van der Waals surface area contributed by atoms with Crippen LogP contribution in [0.4, 0.5) is 5.82 Å². The molecule has 142 valence electrons. The van der Waals surface area contributed by atoms with Crippen molar-refractivity contribution in [3.63, 3.8) is 0 Å². The Hall–Kier alpha value is -1.56. The highest BCUT2D eigenvalue weighted by molar-refractivity contribution is 7.51. The van der Waals surface area contributed by atoms with Crippen molar-refractivity contribution >= 4 is 32.8 Å². The molecule has 1 unspecified atom stereocenters. The molecule has 0 spiro atoms. The third kappa shape index (κ3) is 3.90. The van der Waals surface area contributed by atoms with Gasteiger partial charge in [0.25, 0.3) is 0 Å². The first-order valence-corrected chi connectivity index (χ1v) is 10.2. The van der Waals surface area contributed by atoms with Crippen molar-refractivity contribution in [1.82, 2.24) is 19.5 Å². The summed E-state index contributed by atoms with van der Waals surface area (Å²) in [7, 11) is -7.41. The summed E-state index contributed by atoms with van der Waals surface area (Å²) in [6, 6.07) is 0. The highest BCUT2D eigenvalue weighted by Gasteiger charge is 2.50. The van der Waals surface area contributed by atoms with Gasteiger partial charge >= 0.3 is 15.9 Å². The summed E-state index contributed by atoms with van der Waals surface area (Å²) in [5.41, 5.74) is 6.23. The van der Waals surface area contributed by atoms with E-state index in [-0.39, 0.29) is 23.4 Å². The van der Waals surface area contributed by atoms with E-state index in [2.05, 4.69) is 15.0 Å². The van der Waals surface area contributed by atoms with E-state index in [9.17, 15) is 14.2 Å². The van der Waals surface area contributed by atoms with Gasteiger partial charge in [-0.25, -0.2) is 15.0 Å². The molecule has 6 N–H and O–H groups in total. The number of aliphatic hydroxyl groups is 1. The van der Waals surface area contributed by atoms with E-state index in [1.165, 1.54) is 17.2 Å². The van der Waals surface area contributed by atoms with Crippen LogP contribution in [0.1, 0.15) is 12.6 Å². The van der Waals surface area contributed by atoms with Gasteiger partial charge in [0.1, 0.15) is 17.9 Å². The molecular weight excluding hydrogens is 392 g/mol. The number of nitrogens with zero attached hydrogens (tertiary/aromatic N) is 4. The van der Waals surface area contributed by atoms with Crippen molar-refractivity contribution in [2.24, 2.45) is 0 Å². The second kappa shape index (κ2) is 7.22. The van der Waals surface area contributed by atoms with Gasteiger partial charge in [0, 0.05) is 4.57 Å². The quantitative estimate of drug-likeness (QED) is 0.375. The highest BCUT2D eigenvalue weighted by atomic mass is 31.2. The fourth-order valence-electron chi connectivity index (χ4n) is 2.77. The molecular formula is C11H16N5O8P2+. The van der Waals surface area contributed by atoms with Crippen LogP contribution in [0.25, 0.3) is 11.2 Å². The van der Waals surface area contributed by atoms with Crippen LogP contribution in [0.3, 0.4) is 0 Å².